The fourth-order valence-electron chi connectivity index (χ4n) is 2.06. The van der Waals surface area contributed by atoms with E-state index in [1.54, 1.807) is 0 Å². The Kier molecular flexibility index (Phi) is 6.53. The number of hydrogen-bond donors (Lipinski definition) is 1. The molecule has 96 valence electrons. The minimum atomic E-state index is 0.841. The van der Waals surface area contributed by atoms with Gasteiger partial charge < -0.3 is 10.6 Å². The van der Waals surface area contributed by atoms with Crippen LogP contribution < -0.4 is 10.6 Å². The van der Waals surface area contributed by atoms with Crippen LogP contribution in [-0.4, -0.2) is 13.1 Å². The molecule has 2 N–H and O–H groups in total. The lowest BCUT2D eigenvalue weighted by Crippen LogP contribution is -2.23. The molecular formula is C15H26N2. The molecule has 17 heavy (non-hydrogen) atoms. The third-order valence-corrected chi connectivity index (χ3v) is 3.17. The molecule has 0 aliphatic carbocycles. The first-order valence-corrected chi connectivity index (χ1v) is 6.88. The highest BCUT2D eigenvalue weighted by Crippen LogP contribution is 2.17. The monoisotopic (exact) mass is 234 g/mol. The number of rotatable bonds is 8. The second-order valence-corrected chi connectivity index (χ2v) is 4.59. The number of anilines is 2. The van der Waals surface area contributed by atoms with E-state index in [2.05, 4.69) is 30.9 Å². The zero-order chi connectivity index (χ0) is 12.5. The van der Waals surface area contributed by atoms with Gasteiger partial charge in [-0.05, 0) is 37.6 Å². The van der Waals surface area contributed by atoms with Gasteiger partial charge in [-0.1, -0.05) is 32.6 Å². The van der Waals surface area contributed by atoms with Crippen molar-refractivity contribution < 1.29 is 0 Å². The molecule has 2 heteroatoms. The predicted octanol–water partition coefficient (Wildman–Crippen LogP) is 4.07. The summed E-state index contributed by atoms with van der Waals surface area (Å²) in [6.07, 6.45) is 6.69. The summed E-state index contributed by atoms with van der Waals surface area (Å²) in [5, 5.41) is 0. The largest absolute Gasteiger partial charge is 0.399 e. The minimum absolute atomic E-state index is 0.841. The Labute approximate surface area is 106 Å². The summed E-state index contributed by atoms with van der Waals surface area (Å²) in [5.74, 6) is 0. The lowest BCUT2D eigenvalue weighted by Gasteiger charge is -2.23. The van der Waals surface area contributed by atoms with Crippen LogP contribution in [0.2, 0.25) is 0 Å². The first-order valence-electron chi connectivity index (χ1n) is 6.88. The van der Waals surface area contributed by atoms with E-state index in [9.17, 15) is 0 Å². The Morgan fingerprint density at radius 3 is 2.18 bits per heavy atom. The van der Waals surface area contributed by atoms with Gasteiger partial charge in [-0.2, -0.15) is 0 Å². The summed E-state index contributed by atoms with van der Waals surface area (Å²) < 4.78 is 0. The molecule has 2 nitrogen and oxygen atoms in total. The molecule has 1 rings (SSSR count). The van der Waals surface area contributed by atoms with Crippen molar-refractivity contribution in [2.24, 2.45) is 0 Å². The molecule has 0 unspecified atom stereocenters. The van der Waals surface area contributed by atoms with Gasteiger partial charge in [-0.3, -0.25) is 0 Å². The van der Waals surface area contributed by atoms with Gasteiger partial charge >= 0.3 is 0 Å². The fraction of sp³-hybridized carbons (Fsp3) is 0.600. The van der Waals surface area contributed by atoms with Crippen molar-refractivity contribution in [3.8, 4) is 0 Å². The molecule has 0 radical (unpaired) electrons. The van der Waals surface area contributed by atoms with Gasteiger partial charge in [-0.15, -0.1) is 0 Å². The van der Waals surface area contributed by atoms with Gasteiger partial charge in [0.15, 0.2) is 0 Å². The summed E-state index contributed by atoms with van der Waals surface area (Å²) in [6.45, 7) is 6.69. The van der Waals surface area contributed by atoms with Crippen LogP contribution in [0, 0.1) is 0 Å². The lowest BCUT2D eigenvalue weighted by molar-refractivity contribution is 0.621. The van der Waals surface area contributed by atoms with Crippen LogP contribution in [0.5, 0.6) is 0 Å². The van der Waals surface area contributed by atoms with Gasteiger partial charge in [0.1, 0.15) is 0 Å². The molecule has 0 heterocycles. The highest BCUT2D eigenvalue weighted by molar-refractivity contribution is 5.52. The summed E-state index contributed by atoms with van der Waals surface area (Å²) in [4.78, 5) is 2.42. The van der Waals surface area contributed by atoms with Crippen molar-refractivity contribution >= 4 is 11.4 Å². The van der Waals surface area contributed by atoms with Crippen LogP contribution in [0.3, 0.4) is 0 Å². The van der Waals surface area contributed by atoms with Crippen molar-refractivity contribution in [1.29, 1.82) is 0 Å². The van der Waals surface area contributed by atoms with Crippen LogP contribution in [-0.2, 0) is 0 Å². The van der Waals surface area contributed by atoms with Crippen molar-refractivity contribution in [1.82, 2.24) is 0 Å². The van der Waals surface area contributed by atoms with Crippen LogP contribution >= 0.6 is 0 Å². The Hall–Kier alpha value is -1.18. The molecule has 0 aliphatic rings. The van der Waals surface area contributed by atoms with E-state index in [4.69, 9.17) is 5.73 Å². The van der Waals surface area contributed by atoms with Gasteiger partial charge in [-0.25, -0.2) is 0 Å². The standard InChI is InChI=1S/C15H26N2/c1-3-5-6-7-8-13-17(4-2)15-11-9-14(16)10-12-15/h9-12H,3-8,13,16H2,1-2H3. The normalized spacial score (nSPS) is 10.5. The van der Waals surface area contributed by atoms with Crippen molar-refractivity contribution in [2.45, 2.75) is 46.0 Å². The van der Waals surface area contributed by atoms with E-state index in [1.165, 1.54) is 37.8 Å². The van der Waals surface area contributed by atoms with Crippen LogP contribution in [0.1, 0.15) is 46.0 Å². The number of benzene rings is 1. The predicted molar refractivity (Wildman–Crippen MR) is 77.5 cm³/mol. The Bertz CT molecular complexity index is 292. The second kappa shape index (κ2) is 7.99. The van der Waals surface area contributed by atoms with E-state index in [0.29, 0.717) is 0 Å². The zero-order valence-electron chi connectivity index (χ0n) is 11.3. The fourth-order valence-corrected chi connectivity index (χ4v) is 2.06. The maximum absolute atomic E-state index is 5.70. The van der Waals surface area contributed by atoms with Gasteiger partial charge in [0.25, 0.3) is 0 Å². The van der Waals surface area contributed by atoms with Crippen molar-refractivity contribution in [3.63, 3.8) is 0 Å². The number of nitrogens with two attached hydrogens (primary N) is 1. The number of hydrogen-bond acceptors (Lipinski definition) is 2. The molecule has 0 saturated heterocycles. The Morgan fingerprint density at radius 2 is 1.59 bits per heavy atom. The highest BCUT2D eigenvalue weighted by atomic mass is 15.1. The molecule has 0 atom stereocenters. The molecule has 0 aromatic heterocycles. The molecule has 0 amide bonds. The van der Waals surface area contributed by atoms with E-state index in [-0.39, 0.29) is 0 Å². The maximum atomic E-state index is 5.70. The maximum Gasteiger partial charge on any atom is 0.0367 e. The summed E-state index contributed by atoms with van der Waals surface area (Å²) in [7, 11) is 0. The van der Waals surface area contributed by atoms with E-state index < -0.39 is 0 Å². The van der Waals surface area contributed by atoms with Crippen molar-refractivity contribution in [3.05, 3.63) is 24.3 Å². The van der Waals surface area contributed by atoms with Crippen molar-refractivity contribution in [2.75, 3.05) is 23.7 Å². The number of nitrogen functional groups attached to an aromatic ring is 1. The van der Waals surface area contributed by atoms with Crippen LogP contribution in [0.15, 0.2) is 24.3 Å². The highest BCUT2D eigenvalue weighted by Gasteiger charge is 2.03. The first-order chi connectivity index (χ1) is 8.27. The van der Waals surface area contributed by atoms with Crippen LogP contribution in [0.25, 0.3) is 0 Å². The summed E-state index contributed by atoms with van der Waals surface area (Å²) in [6, 6.07) is 8.19. The van der Waals surface area contributed by atoms with E-state index in [1.807, 2.05) is 12.1 Å². The topological polar surface area (TPSA) is 29.3 Å². The molecular weight excluding hydrogens is 208 g/mol. The zero-order valence-corrected chi connectivity index (χ0v) is 11.3. The third-order valence-electron chi connectivity index (χ3n) is 3.17. The van der Waals surface area contributed by atoms with Gasteiger partial charge in [0.05, 0.1) is 0 Å². The minimum Gasteiger partial charge on any atom is -0.399 e. The smallest absolute Gasteiger partial charge is 0.0367 e. The summed E-state index contributed by atoms with van der Waals surface area (Å²) in [5.41, 5.74) is 7.83. The van der Waals surface area contributed by atoms with E-state index >= 15 is 0 Å². The van der Waals surface area contributed by atoms with Gasteiger partial charge in [0.2, 0.25) is 0 Å². The number of unbranched alkanes of at least 4 members (excludes halogenated alkanes) is 4. The molecule has 1 aromatic rings. The first kappa shape index (κ1) is 13.9. The quantitative estimate of drug-likeness (QED) is 0.543. The summed E-state index contributed by atoms with van der Waals surface area (Å²) >= 11 is 0. The Morgan fingerprint density at radius 1 is 0.941 bits per heavy atom. The van der Waals surface area contributed by atoms with Gasteiger partial charge in [0, 0.05) is 24.5 Å². The molecule has 0 aliphatic heterocycles. The second-order valence-electron chi connectivity index (χ2n) is 4.59. The average molecular weight is 234 g/mol. The molecule has 0 fully saturated rings. The molecule has 0 spiro atoms. The van der Waals surface area contributed by atoms with Crippen LogP contribution in [0.4, 0.5) is 11.4 Å². The lowest BCUT2D eigenvalue weighted by atomic mass is 10.1. The molecule has 0 saturated carbocycles. The third kappa shape index (κ3) is 5.12. The number of nitrogens with zero attached hydrogens (tertiary/aromatic N) is 1. The molecule has 0 bridgehead atoms. The SMILES string of the molecule is CCCCCCCN(CC)c1ccc(N)cc1. The Balaban J connectivity index is 2.35. The van der Waals surface area contributed by atoms with E-state index in [0.717, 1.165) is 18.8 Å². The average Bonchev–Trinajstić information content (AvgIpc) is 2.35. The molecule has 1 aromatic carbocycles.